The van der Waals surface area contributed by atoms with E-state index < -0.39 is 0 Å². The lowest BCUT2D eigenvalue weighted by molar-refractivity contribution is 0.125. The summed E-state index contributed by atoms with van der Waals surface area (Å²) in [6.07, 6.45) is 6.83. The Bertz CT molecular complexity index is 253. The average molecular weight is 301 g/mol. The van der Waals surface area contributed by atoms with Crippen molar-refractivity contribution in [3.8, 4) is 6.07 Å². The van der Waals surface area contributed by atoms with E-state index >= 15 is 0 Å². The van der Waals surface area contributed by atoms with Gasteiger partial charge in [0.05, 0.1) is 12.0 Å². The molecular weight excluding hydrogens is 276 g/mol. The molecule has 1 rings (SSSR count). The quantitative estimate of drug-likeness (QED) is 0.697. The van der Waals surface area contributed by atoms with E-state index in [-0.39, 0.29) is 5.92 Å². The summed E-state index contributed by atoms with van der Waals surface area (Å²) in [7, 11) is 0. The Morgan fingerprint density at radius 2 is 2.00 bits per heavy atom. The van der Waals surface area contributed by atoms with Crippen molar-refractivity contribution in [3.05, 3.63) is 0 Å². The maximum atomic E-state index is 8.92. The molecular formula is C14H25BrN2. The molecule has 0 amide bonds. The first-order valence-electron chi connectivity index (χ1n) is 6.84. The van der Waals surface area contributed by atoms with Gasteiger partial charge in [0, 0.05) is 18.4 Å². The zero-order valence-corrected chi connectivity index (χ0v) is 12.8. The Kier molecular flexibility index (Phi) is 6.51. The van der Waals surface area contributed by atoms with Gasteiger partial charge in [0.15, 0.2) is 0 Å². The third-order valence-corrected chi connectivity index (χ3v) is 5.15. The van der Waals surface area contributed by atoms with Gasteiger partial charge < -0.3 is 4.90 Å². The Morgan fingerprint density at radius 3 is 2.47 bits per heavy atom. The van der Waals surface area contributed by atoms with E-state index in [1.807, 2.05) is 6.92 Å². The standard InChI is InChI=1S/C14H25BrN2/c1-3-17(10-13(2)9-16)12-14(11-15)7-5-4-6-8-14/h13H,3-8,10-12H2,1-2H3. The van der Waals surface area contributed by atoms with Crippen molar-refractivity contribution in [2.45, 2.75) is 46.0 Å². The number of nitriles is 1. The predicted octanol–water partition coefficient (Wildman–Crippen LogP) is 3.81. The van der Waals surface area contributed by atoms with Crippen LogP contribution in [0.4, 0.5) is 0 Å². The van der Waals surface area contributed by atoms with Crippen LogP contribution in [0.15, 0.2) is 0 Å². The fourth-order valence-electron chi connectivity index (χ4n) is 2.84. The molecule has 1 fully saturated rings. The SMILES string of the molecule is CCN(CC(C)C#N)CC1(CBr)CCCCC1. The number of rotatable bonds is 6. The van der Waals surface area contributed by atoms with Gasteiger partial charge >= 0.3 is 0 Å². The van der Waals surface area contributed by atoms with Crippen LogP contribution >= 0.6 is 15.9 Å². The number of hydrogen-bond acceptors (Lipinski definition) is 2. The molecule has 98 valence electrons. The van der Waals surface area contributed by atoms with Crippen LogP contribution in [0, 0.1) is 22.7 Å². The average Bonchev–Trinajstić information content (AvgIpc) is 2.38. The first-order valence-corrected chi connectivity index (χ1v) is 7.96. The summed E-state index contributed by atoms with van der Waals surface area (Å²) >= 11 is 3.72. The fourth-order valence-corrected chi connectivity index (χ4v) is 3.58. The highest BCUT2D eigenvalue weighted by Crippen LogP contribution is 2.38. The Morgan fingerprint density at radius 1 is 1.35 bits per heavy atom. The summed E-state index contributed by atoms with van der Waals surface area (Å²) in [6, 6.07) is 2.34. The summed E-state index contributed by atoms with van der Waals surface area (Å²) in [5.41, 5.74) is 0.462. The van der Waals surface area contributed by atoms with Gasteiger partial charge in [0.25, 0.3) is 0 Å². The Balaban J connectivity index is 2.55. The zero-order chi connectivity index (χ0) is 12.7. The van der Waals surface area contributed by atoms with Crippen molar-refractivity contribution in [2.24, 2.45) is 11.3 Å². The second-order valence-corrected chi connectivity index (χ2v) is 6.11. The molecule has 0 heterocycles. The van der Waals surface area contributed by atoms with E-state index in [0.717, 1.165) is 25.0 Å². The van der Waals surface area contributed by atoms with E-state index in [0.29, 0.717) is 5.41 Å². The molecule has 0 bridgehead atoms. The lowest BCUT2D eigenvalue weighted by atomic mass is 9.75. The highest BCUT2D eigenvalue weighted by molar-refractivity contribution is 9.09. The molecule has 0 aliphatic heterocycles. The highest BCUT2D eigenvalue weighted by atomic mass is 79.9. The topological polar surface area (TPSA) is 27.0 Å². The molecule has 1 saturated carbocycles. The van der Waals surface area contributed by atoms with E-state index in [1.165, 1.54) is 32.1 Å². The summed E-state index contributed by atoms with van der Waals surface area (Å²) in [5.74, 6) is 0.144. The van der Waals surface area contributed by atoms with Gasteiger partial charge in [0.1, 0.15) is 0 Å². The number of hydrogen-bond donors (Lipinski definition) is 0. The molecule has 0 radical (unpaired) electrons. The third kappa shape index (κ3) is 4.60. The van der Waals surface area contributed by atoms with E-state index in [4.69, 9.17) is 5.26 Å². The van der Waals surface area contributed by atoms with Gasteiger partial charge in [-0.2, -0.15) is 5.26 Å². The predicted molar refractivity (Wildman–Crippen MR) is 76.2 cm³/mol. The van der Waals surface area contributed by atoms with E-state index in [9.17, 15) is 0 Å². The van der Waals surface area contributed by atoms with Crippen LogP contribution in [0.5, 0.6) is 0 Å². The molecule has 0 aromatic carbocycles. The van der Waals surface area contributed by atoms with Crippen LogP contribution in [0.25, 0.3) is 0 Å². The highest BCUT2D eigenvalue weighted by Gasteiger charge is 2.32. The minimum atomic E-state index is 0.144. The van der Waals surface area contributed by atoms with Crippen LogP contribution < -0.4 is 0 Å². The number of halogens is 1. The maximum absolute atomic E-state index is 8.92. The molecule has 0 aromatic heterocycles. The molecule has 0 spiro atoms. The fraction of sp³-hybridized carbons (Fsp3) is 0.929. The molecule has 1 aliphatic rings. The lowest BCUT2D eigenvalue weighted by Gasteiger charge is -2.40. The van der Waals surface area contributed by atoms with E-state index in [2.05, 4.69) is 33.8 Å². The summed E-state index contributed by atoms with van der Waals surface area (Å²) in [4.78, 5) is 2.46. The second kappa shape index (κ2) is 7.38. The Labute approximate surface area is 114 Å². The molecule has 1 atom stereocenters. The first kappa shape index (κ1) is 15.0. The molecule has 1 aliphatic carbocycles. The Hall–Kier alpha value is -0.0700. The third-order valence-electron chi connectivity index (χ3n) is 3.96. The second-order valence-electron chi connectivity index (χ2n) is 5.55. The van der Waals surface area contributed by atoms with Crippen molar-refractivity contribution in [3.63, 3.8) is 0 Å². The van der Waals surface area contributed by atoms with Crippen LogP contribution in [0.2, 0.25) is 0 Å². The van der Waals surface area contributed by atoms with Crippen LogP contribution in [-0.4, -0.2) is 29.9 Å². The van der Waals surface area contributed by atoms with Crippen molar-refractivity contribution in [2.75, 3.05) is 25.0 Å². The number of nitrogens with zero attached hydrogens (tertiary/aromatic N) is 2. The van der Waals surface area contributed by atoms with Gasteiger partial charge in [-0.3, -0.25) is 0 Å². The van der Waals surface area contributed by atoms with Crippen LogP contribution in [0.3, 0.4) is 0 Å². The molecule has 0 aromatic rings. The summed E-state index contributed by atoms with van der Waals surface area (Å²) < 4.78 is 0. The van der Waals surface area contributed by atoms with E-state index in [1.54, 1.807) is 0 Å². The van der Waals surface area contributed by atoms with Gasteiger partial charge in [-0.15, -0.1) is 0 Å². The maximum Gasteiger partial charge on any atom is 0.0666 e. The molecule has 2 nitrogen and oxygen atoms in total. The van der Waals surface area contributed by atoms with Crippen molar-refractivity contribution in [1.82, 2.24) is 4.90 Å². The monoisotopic (exact) mass is 300 g/mol. The number of alkyl halides is 1. The molecule has 0 saturated heterocycles. The lowest BCUT2D eigenvalue weighted by Crippen LogP contribution is -2.41. The zero-order valence-electron chi connectivity index (χ0n) is 11.2. The molecule has 3 heteroatoms. The van der Waals surface area contributed by atoms with Crippen LogP contribution in [0.1, 0.15) is 46.0 Å². The minimum absolute atomic E-state index is 0.144. The first-order chi connectivity index (χ1) is 8.15. The van der Waals surface area contributed by atoms with Gasteiger partial charge in [0.2, 0.25) is 0 Å². The molecule has 17 heavy (non-hydrogen) atoms. The van der Waals surface area contributed by atoms with Crippen molar-refractivity contribution in [1.29, 1.82) is 5.26 Å². The van der Waals surface area contributed by atoms with Crippen molar-refractivity contribution >= 4 is 15.9 Å². The largest absolute Gasteiger partial charge is 0.302 e. The van der Waals surface area contributed by atoms with Crippen molar-refractivity contribution < 1.29 is 0 Å². The smallest absolute Gasteiger partial charge is 0.0666 e. The van der Waals surface area contributed by atoms with Crippen LogP contribution in [-0.2, 0) is 0 Å². The molecule has 0 N–H and O–H groups in total. The molecule has 1 unspecified atom stereocenters. The van der Waals surface area contributed by atoms with Gasteiger partial charge in [-0.1, -0.05) is 42.1 Å². The summed E-state index contributed by atoms with van der Waals surface area (Å²) in [5, 5.41) is 10.0. The summed E-state index contributed by atoms with van der Waals surface area (Å²) in [6.45, 7) is 7.35. The minimum Gasteiger partial charge on any atom is -0.302 e. The van der Waals surface area contributed by atoms with Gasteiger partial charge in [-0.05, 0) is 31.7 Å². The normalized spacial score (nSPS) is 21.1. The van der Waals surface area contributed by atoms with Gasteiger partial charge in [-0.25, -0.2) is 0 Å².